The van der Waals surface area contributed by atoms with Crippen LogP contribution in [-0.2, 0) is 16.0 Å². The summed E-state index contributed by atoms with van der Waals surface area (Å²) in [4.78, 5) is 14.0. The quantitative estimate of drug-likeness (QED) is 0.768. The molecule has 0 radical (unpaired) electrons. The molecule has 22 heavy (non-hydrogen) atoms. The second-order valence-corrected chi connectivity index (χ2v) is 6.37. The Morgan fingerprint density at radius 3 is 2.86 bits per heavy atom. The van der Waals surface area contributed by atoms with Gasteiger partial charge in [0.05, 0.1) is 6.10 Å². The third-order valence-corrected chi connectivity index (χ3v) is 4.58. The summed E-state index contributed by atoms with van der Waals surface area (Å²) in [5.41, 5.74) is 2.67. The fraction of sp³-hybridized carbons (Fsp3) is 0.632. The van der Waals surface area contributed by atoms with Crippen LogP contribution in [0.3, 0.4) is 0 Å². The highest BCUT2D eigenvalue weighted by atomic mass is 16.5. The van der Waals surface area contributed by atoms with E-state index in [0.717, 1.165) is 38.8 Å². The van der Waals surface area contributed by atoms with Gasteiger partial charge in [-0.25, -0.2) is 0 Å². The van der Waals surface area contributed by atoms with Gasteiger partial charge in [0, 0.05) is 26.6 Å². The van der Waals surface area contributed by atoms with Crippen molar-refractivity contribution in [2.24, 2.45) is 0 Å². The molecule has 1 heterocycles. The van der Waals surface area contributed by atoms with E-state index in [1.165, 1.54) is 24.0 Å². The lowest BCUT2D eigenvalue weighted by Crippen LogP contribution is -2.31. The third kappa shape index (κ3) is 5.45. The molecular formula is C19H29NO2. The maximum absolute atomic E-state index is 12.2. The lowest BCUT2D eigenvalue weighted by molar-refractivity contribution is -0.130. The van der Waals surface area contributed by atoms with Crippen LogP contribution in [0.15, 0.2) is 24.3 Å². The smallest absolute Gasteiger partial charge is 0.222 e. The molecule has 1 fully saturated rings. The van der Waals surface area contributed by atoms with Gasteiger partial charge < -0.3 is 9.64 Å². The zero-order valence-corrected chi connectivity index (χ0v) is 14.0. The first-order valence-corrected chi connectivity index (χ1v) is 8.57. The van der Waals surface area contributed by atoms with Crippen LogP contribution in [0.1, 0.15) is 49.7 Å². The molecular weight excluding hydrogens is 274 g/mol. The van der Waals surface area contributed by atoms with Gasteiger partial charge in [0.1, 0.15) is 0 Å². The number of hydrogen-bond donors (Lipinski definition) is 0. The zero-order valence-electron chi connectivity index (χ0n) is 14.0. The van der Waals surface area contributed by atoms with Crippen molar-refractivity contribution in [1.29, 1.82) is 0 Å². The van der Waals surface area contributed by atoms with Gasteiger partial charge in [-0.3, -0.25) is 4.79 Å². The molecule has 3 nitrogen and oxygen atoms in total. The second kappa shape index (κ2) is 8.94. The molecule has 2 rings (SSSR count). The standard InChI is InChI=1S/C19H29NO2/c1-16-8-3-4-9-17(16)10-7-12-19(21)20(2)14-13-18-11-5-6-15-22-18/h3-4,8-9,18H,5-7,10-15H2,1-2H3. The number of benzene rings is 1. The van der Waals surface area contributed by atoms with Gasteiger partial charge in [-0.15, -0.1) is 0 Å². The van der Waals surface area contributed by atoms with Crippen LogP contribution in [0.2, 0.25) is 0 Å². The predicted octanol–water partition coefficient (Wildman–Crippen LogP) is 3.74. The molecule has 1 atom stereocenters. The van der Waals surface area contributed by atoms with E-state index in [1.54, 1.807) is 0 Å². The Bertz CT molecular complexity index is 466. The molecule has 1 aromatic rings. The first-order chi connectivity index (χ1) is 10.7. The summed E-state index contributed by atoms with van der Waals surface area (Å²) in [6.07, 6.45) is 7.47. The normalized spacial score (nSPS) is 18.2. The average Bonchev–Trinajstić information content (AvgIpc) is 2.55. The Kier molecular flexibility index (Phi) is 6.91. The van der Waals surface area contributed by atoms with Crippen molar-refractivity contribution in [3.63, 3.8) is 0 Å². The Morgan fingerprint density at radius 2 is 2.14 bits per heavy atom. The van der Waals surface area contributed by atoms with Crippen molar-refractivity contribution >= 4 is 5.91 Å². The molecule has 1 aromatic carbocycles. The Hall–Kier alpha value is -1.35. The molecule has 1 amide bonds. The van der Waals surface area contributed by atoms with Crippen molar-refractivity contribution in [2.75, 3.05) is 20.2 Å². The Balaban J connectivity index is 1.64. The third-order valence-electron chi connectivity index (χ3n) is 4.58. The fourth-order valence-corrected chi connectivity index (χ4v) is 3.01. The first kappa shape index (κ1) is 17.0. The number of aryl methyl sites for hydroxylation is 2. The van der Waals surface area contributed by atoms with Crippen LogP contribution in [0.25, 0.3) is 0 Å². The topological polar surface area (TPSA) is 29.5 Å². The summed E-state index contributed by atoms with van der Waals surface area (Å²) in [5.74, 6) is 0.254. The molecule has 0 bridgehead atoms. The molecule has 1 aliphatic heterocycles. The minimum Gasteiger partial charge on any atom is -0.378 e. The van der Waals surface area contributed by atoms with E-state index < -0.39 is 0 Å². The van der Waals surface area contributed by atoms with Gasteiger partial charge >= 0.3 is 0 Å². The van der Waals surface area contributed by atoms with Crippen LogP contribution < -0.4 is 0 Å². The second-order valence-electron chi connectivity index (χ2n) is 6.37. The summed E-state index contributed by atoms with van der Waals surface area (Å²) < 4.78 is 5.72. The first-order valence-electron chi connectivity index (χ1n) is 8.57. The monoisotopic (exact) mass is 303 g/mol. The minimum absolute atomic E-state index is 0.254. The molecule has 122 valence electrons. The van der Waals surface area contributed by atoms with E-state index in [2.05, 4.69) is 31.2 Å². The van der Waals surface area contributed by atoms with Crippen molar-refractivity contribution in [1.82, 2.24) is 4.90 Å². The number of rotatable bonds is 7. The van der Waals surface area contributed by atoms with Crippen molar-refractivity contribution in [3.8, 4) is 0 Å². The van der Waals surface area contributed by atoms with E-state index in [9.17, 15) is 4.79 Å². The maximum Gasteiger partial charge on any atom is 0.222 e. The maximum atomic E-state index is 12.2. The van der Waals surface area contributed by atoms with E-state index in [4.69, 9.17) is 4.74 Å². The summed E-state index contributed by atoms with van der Waals surface area (Å²) in [5, 5.41) is 0. The Morgan fingerprint density at radius 1 is 1.32 bits per heavy atom. The number of carbonyl (C=O) groups excluding carboxylic acids is 1. The summed E-state index contributed by atoms with van der Waals surface area (Å²) in [7, 11) is 1.92. The molecule has 0 N–H and O–H groups in total. The van der Waals surface area contributed by atoms with Gasteiger partial charge in [-0.05, 0) is 56.6 Å². The summed E-state index contributed by atoms with van der Waals surface area (Å²) in [6, 6.07) is 8.42. The molecule has 1 saturated heterocycles. The molecule has 1 aliphatic rings. The summed E-state index contributed by atoms with van der Waals surface area (Å²) >= 11 is 0. The number of amides is 1. The van der Waals surface area contributed by atoms with Gasteiger partial charge in [-0.2, -0.15) is 0 Å². The van der Waals surface area contributed by atoms with Crippen molar-refractivity contribution in [3.05, 3.63) is 35.4 Å². The van der Waals surface area contributed by atoms with Gasteiger partial charge in [0.15, 0.2) is 0 Å². The number of hydrogen-bond acceptors (Lipinski definition) is 2. The lowest BCUT2D eigenvalue weighted by Gasteiger charge is -2.25. The highest BCUT2D eigenvalue weighted by molar-refractivity contribution is 5.75. The number of carbonyl (C=O) groups is 1. The minimum atomic E-state index is 0.254. The predicted molar refractivity (Wildman–Crippen MR) is 90.0 cm³/mol. The number of nitrogens with zero attached hydrogens (tertiary/aromatic N) is 1. The largest absolute Gasteiger partial charge is 0.378 e. The number of ether oxygens (including phenoxy) is 1. The molecule has 0 saturated carbocycles. The van der Waals surface area contributed by atoms with Gasteiger partial charge in [-0.1, -0.05) is 24.3 Å². The van der Waals surface area contributed by atoms with Crippen LogP contribution in [0.4, 0.5) is 0 Å². The van der Waals surface area contributed by atoms with E-state index >= 15 is 0 Å². The van der Waals surface area contributed by atoms with Crippen molar-refractivity contribution < 1.29 is 9.53 Å². The summed E-state index contributed by atoms with van der Waals surface area (Å²) in [6.45, 7) is 3.83. The van der Waals surface area contributed by atoms with Crippen LogP contribution in [0.5, 0.6) is 0 Å². The molecule has 1 unspecified atom stereocenters. The zero-order chi connectivity index (χ0) is 15.8. The van der Waals surface area contributed by atoms with Gasteiger partial charge in [0.2, 0.25) is 5.91 Å². The van der Waals surface area contributed by atoms with E-state index in [0.29, 0.717) is 12.5 Å². The van der Waals surface area contributed by atoms with Gasteiger partial charge in [0.25, 0.3) is 0 Å². The van der Waals surface area contributed by atoms with Crippen LogP contribution in [0, 0.1) is 6.92 Å². The lowest BCUT2D eigenvalue weighted by atomic mass is 10.0. The fourth-order valence-electron chi connectivity index (χ4n) is 3.01. The molecule has 3 heteroatoms. The van der Waals surface area contributed by atoms with E-state index in [-0.39, 0.29) is 5.91 Å². The highest BCUT2D eigenvalue weighted by Crippen LogP contribution is 2.16. The molecule has 0 spiro atoms. The highest BCUT2D eigenvalue weighted by Gasteiger charge is 2.16. The van der Waals surface area contributed by atoms with E-state index in [1.807, 2.05) is 11.9 Å². The average molecular weight is 303 g/mol. The van der Waals surface area contributed by atoms with Crippen LogP contribution in [-0.4, -0.2) is 37.1 Å². The molecule has 0 aliphatic carbocycles. The molecule has 0 aromatic heterocycles. The SMILES string of the molecule is Cc1ccccc1CCCC(=O)N(C)CCC1CCCCO1. The Labute approximate surface area is 134 Å². The van der Waals surface area contributed by atoms with Crippen molar-refractivity contribution in [2.45, 2.75) is 58.0 Å². The van der Waals surface area contributed by atoms with Crippen LogP contribution >= 0.6 is 0 Å².